The number of nitrogens with one attached hydrogen (secondary N) is 1. The average molecular weight is 507 g/mol. The van der Waals surface area contributed by atoms with E-state index in [4.69, 9.17) is 4.74 Å². The Bertz CT molecular complexity index is 1250. The standard InChI is InChI=1S/C24H29F3N6O3/c1-22(2,3)36-21(34)32-11-5-6-16(14-32)30-20-28-10-9-17(31-20)18-12-29-19-8-7-15(13-33(18)19)23(4,35)24(25,26)27/h7-10,12-13,16,35H,5-6,11,14H2,1-4H3,(H,28,30,31)/t16-,23?/m1/s1. The molecule has 1 aliphatic rings. The Morgan fingerprint density at radius 2 is 1.92 bits per heavy atom. The van der Waals surface area contributed by atoms with E-state index in [0.29, 0.717) is 43.0 Å². The SMILES string of the molecule is CC(C)(C)OC(=O)N1CCC[C@@H](Nc2nccc(-c3cnc4ccc(C(C)(O)C(F)(F)F)cn34)n2)C1. The van der Waals surface area contributed by atoms with Gasteiger partial charge in [-0.2, -0.15) is 13.2 Å². The van der Waals surface area contributed by atoms with Crippen LogP contribution in [0.25, 0.3) is 17.0 Å². The molecule has 4 rings (SSSR count). The van der Waals surface area contributed by atoms with Gasteiger partial charge in [-0.3, -0.25) is 4.40 Å². The average Bonchev–Trinajstić information content (AvgIpc) is 3.21. The maximum atomic E-state index is 13.4. The number of ether oxygens (including phenoxy) is 1. The van der Waals surface area contributed by atoms with Gasteiger partial charge < -0.3 is 20.1 Å². The zero-order valence-corrected chi connectivity index (χ0v) is 20.5. The van der Waals surface area contributed by atoms with Crippen molar-refractivity contribution >= 4 is 17.7 Å². The number of anilines is 1. The third-order valence-corrected chi connectivity index (χ3v) is 5.94. The Labute approximate surface area is 206 Å². The topological polar surface area (TPSA) is 105 Å². The minimum absolute atomic E-state index is 0.0998. The zero-order chi connectivity index (χ0) is 26.3. The van der Waals surface area contributed by atoms with Gasteiger partial charge >= 0.3 is 12.3 Å². The summed E-state index contributed by atoms with van der Waals surface area (Å²) < 4.78 is 47.0. The number of fused-ring (bicyclic) bond motifs is 1. The van der Waals surface area contributed by atoms with E-state index in [1.54, 1.807) is 11.0 Å². The normalized spacial score (nSPS) is 18.7. The maximum Gasteiger partial charge on any atom is 0.421 e. The molecule has 0 bridgehead atoms. The number of rotatable bonds is 4. The van der Waals surface area contributed by atoms with E-state index in [1.807, 2.05) is 20.8 Å². The molecule has 1 fully saturated rings. The molecule has 0 saturated carbocycles. The molecule has 2 atom stereocenters. The summed E-state index contributed by atoms with van der Waals surface area (Å²) >= 11 is 0. The lowest BCUT2D eigenvalue weighted by molar-refractivity contribution is -0.259. The first-order valence-corrected chi connectivity index (χ1v) is 11.6. The highest BCUT2D eigenvalue weighted by molar-refractivity contribution is 5.68. The van der Waals surface area contributed by atoms with Gasteiger partial charge in [-0.1, -0.05) is 6.07 Å². The van der Waals surface area contributed by atoms with Gasteiger partial charge in [-0.05, 0) is 52.7 Å². The first-order chi connectivity index (χ1) is 16.7. The Balaban J connectivity index is 1.55. The van der Waals surface area contributed by atoms with E-state index in [-0.39, 0.29) is 17.7 Å². The number of hydrogen-bond donors (Lipinski definition) is 2. The van der Waals surface area contributed by atoms with Gasteiger partial charge in [0.2, 0.25) is 5.95 Å². The van der Waals surface area contributed by atoms with Crippen molar-refractivity contribution in [2.45, 2.75) is 64.0 Å². The Morgan fingerprint density at radius 1 is 1.17 bits per heavy atom. The van der Waals surface area contributed by atoms with Crippen LogP contribution in [0.1, 0.15) is 46.1 Å². The Kier molecular flexibility index (Phi) is 6.58. The highest BCUT2D eigenvalue weighted by Gasteiger charge is 2.51. The zero-order valence-electron chi connectivity index (χ0n) is 20.5. The number of piperidine rings is 1. The number of halogens is 3. The van der Waals surface area contributed by atoms with Gasteiger partial charge in [-0.15, -0.1) is 0 Å². The first kappa shape index (κ1) is 25.7. The number of imidazole rings is 1. The minimum atomic E-state index is -4.85. The number of pyridine rings is 1. The van der Waals surface area contributed by atoms with E-state index in [2.05, 4.69) is 20.3 Å². The number of carbonyl (C=O) groups is 1. The predicted octanol–water partition coefficient (Wildman–Crippen LogP) is 4.37. The van der Waals surface area contributed by atoms with E-state index in [1.165, 1.54) is 35.1 Å². The van der Waals surface area contributed by atoms with Crippen LogP contribution < -0.4 is 5.32 Å². The molecule has 2 N–H and O–H groups in total. The van der Waals surface area contributed by atoms with Crippen molar-refractivity contribution in [1.82, 2.24) is 24.3 Å². The fourth-order valence-corrected chi connectivity index (χ4v) is 3.96. The lowest BCUT2D eigenvalue weighted by Crippen LogP contribution is -2.47. The Hall–Kier alpha value is -3.41. The maximum absolute atomic E-state index is 13.4. The van der Waals surface area contributed by atoms with Crippen LogP contribution in [0.4, 0.5) is 23.9 Å². The lowest BCUT2D eigenvalue weighted by Gasteiger charge is -2.34. The highest BCUT2D eigenvalue weighted by atomic mass is 19.4. The first-order valence-electron chi connectivity index (χ1n) is 11.6. The molecule has 1 saturated heterocycles. The summed E-state index contributed by atoms with van der Waals surface area (Å²) in [5.41, 5.74) is -2.66. The van der Waals surface area contributed by atoms with Crippen LogP contribution in [0.2, 0.25) is 0 Å². The van der Waals surface area contributed by atoms with Crippen molar-refractivity contribution in [3.8, 4) is 11.4 Å². The molecular formula is C24H29F3N6O3. The van der Waals surface area contributed by atoms with Crippen LogP contribution in [0.3, 0.4) is 0 Å². The van der Waals surface area contributed by atoms with Crippen molar-refractivity contribution in [1.29, 1.82) is 0 Å². The number of aliphatic hydroxyl groups is 1. The van der Waals surface area contributed by atoms with E-state index >= 15 is 0 Å². The molecule has 0 radical (unpaired) electrons. The molecule has 1 amide bonds. The molecule has 1 aliphatic heterocycles. The summed E-state index contributed by atoms with van der Waals surface area (Å²) in [6, 6.07) is 4.13. The number of carbonyl (C=O) groups excluding carboxylic acids is 1. The summed E-state index contributed by atoms with van der Waals surface area (Å²) in [4.78, 5) is 27.1. The molecule has 194 valence electrons. The summed E-state index contributed by atoms with van der Waals surface area (Å²) in [6.45, 7) is 7.18. The second kappa shape index (κ2) is 9.23. The largest absolute Gasteiger partial charge is 0.444 e. The molecule has 3 aromatic rings. The van der Waals surface area contributed by atoms with Crippen LogP contribution >= 0.6 is 0 Å². The second-order valence-electron chi connectivity index (χ2n) is 10.0. The number of likely N-dealkylation sites (tertiary alicyclic amines) is 1. The van der Waals surface area contributed by atoms with Crippen LogP contribution in [0.5, 0.6) is 0 Å². The Morgan fingerprint density at radius 3 is 2.61 bits per heavy atom. The fraction of sp³-hybridized carbons (Fsp3) is 0.500. The molecule has 0 spiro atoms. The molecule has 3 aromatic heterocycles. The van der Waals surface area contributed by atoms with Crippen LogP contribution in [-0.4, -0.2) is 66.4 Å². The molecule has 4 heterocycles. The quantitative estimate of drug-likeness (QED) is 0.541. The molecule has 12 heteroatoms. The van der Waals surface area contributed by atoms with Crippen molar-refractivity contribution in [2.75, 3.05) is 18.4 Å². The van der Waals surface area contributed by atoms with Crippen LogP contribution in [0, 0.1) is 0 Å². The van der Waals surface area contributed by atoms with Gasteiger partial charge in [0.1, 0.15) is 11.2 Å². The summed E-state index contributed by atoms with van der Waals surface area (Å²) in [5.74, 6) is 0.317. The summed E-state index contributed by atoms with van der Waals surface area (Å²) in [7, 11) is 0. The van der Waals surface area contributed by atoms with Gasteiger partial charge in [0.15, 0.2) is 5.60 Å². The second-order valence-corrected chi connectivity index (χ2v) is 10.0. The van der Waals surface area contributed by atoms with Crippen molar-refractivity contribution in [3.05, 3.63) is 42.4 Å². The molecule has 1 unspecified atom stereocenters. The molecule has 0 aromatic carbocycles. The van der Waals surface area contributed by atoms with Gasteiger partial charge in [-0.25, -0.2) is 19.7 Å². The number of aromatic nitrogens is 4. The van der Waals surface area contributed by atoms with Crippen molar-refractivity contribution in [2.24, 2.45) is 0 Å². The van der Waals surface area contributed by atoms with E-state index < -0.39 is 17.4 Å². The number of alkyl halides is 3. The number of nitrogens with zero attached hydrogens (tertiary/aromatic N) is 5. The fourth-order valence-electron chi connectivity index (χ4n) is 3.96. The van der Waals surface area contributed by atoms with Crippen LogP contribution in [0.15, 0.2) is 36.8 Å². The van der Waals surface area contributed by atoms with Crippen molar-refractivity contribution < 1.29 is 27.8 Å². The van der Waals surface area contributed by atoms with Gasteiger partial charge in [0.05, 0.1) is 17.6 Å². The summed E-state index contributed by atoms with van der Waals surface area (Å²) in [5, 5.41) is 13.3. The molecule has 36 heavy (non-hydrogen) atoms. The predicted molar refractivity (Wildman–Crippen MR) is 126 cm³/mol. The number of hydrogen-bond acceptors (Lipinski definition) is 7. The van der Waals surface area contributed by atoms with Gasteiger partial charge in [0.25, 0.3) is 0 Å². The number of amides is 1. The van der Waals surface area contributed by atoms with Crippen LogP contribution in [-0.2, 0) is 10.3 Å². The van der Waals surface area contributed by atoms with E-state index in [0.717, 1.165) is 12.8 Å². The molecule has 9 nitrogen and oxygen atoms in total. The van der Waals surface area contributed by atoms with E-state index in [9.17, 15) is 23.1 Å². The van der Waals surface area contributed by atoms with Gasteiger partial charge in [0, 0.05) is 37.1 Å². The third-order valence-electron chi connectivity index (χ3n) is 5.94. The molecule has 0 aliphatic carbocycles. The van der Waals surface area contributed by atoms with Crippen molar-refractivity contribution in [3.63, 3.8) is 0 Å². The smallest absolute Gasteiger partial charge is 0.421 e. The lowest BCUT2D eigenvalue weighted by atomic mass is 9.97. The molecular weight excluding hydrogens is 477 g/mol. The highest BCUT2D eigenvalue weighted by Crippen LogP contribution is 2.38. The summed E-state index contributed by atoms with van der Waals surface area (Å²) in [6.07, 6.45) is 0.609. The minimum Gasteiger partial charge on any atom is -0.444 e. The third kappa shape index (κ3) is 5.38. The monoisotopic (exact) mass is 506 g/mol.